The molecule has 0 aliphatic heterocycles. The van der Waals surface area contributed by atoms with Gasteiger partial charge in [0, 0.05) is 16.6 Å². The van der Waals surface area contributed by atoms with Gasteiger partial charge in [0.1, 0.15) is 5.75 Å². The van der Waals surface area contributed by atoms with Crippen LogP contribution in [-0.2, 0) is 16.0 Å². The number of carbonyl (C=O) groups is 2. The number of H-pyrrole nitrogens is 1. The Morgan fingerprint density at radius 1 is 0.967 bits per heavy atom. The number of fused-ring (bicyclic) bond motifs is 2. The van der Waals surface area contributed by atoms with Crippen LogP contribution >= 0.6 is 0 Å². The van der Waals surface area contributed by atoms with Gasteiger partial charge in [-0.25, -0.2) is 0 Å². The lowest BCUT2D eigenvalue weighted by molar-refractivity contribution is -0.132. The molecule has 1 atom stereocenters. The molecule has 3 aromatic carbocycles. The maximum Gasteiger partial charge on any atom is 0.279 e. The van der Waals surface area contributed by atoms with Crippen LogP contribution in [0.2, 0.25) is 0 Å². The number of aryl methyl sites for hydroxylation is 1. The normalized spacial score (nSPS) is 11.9. The Morgan fingerprint density at radius 2 is 1.70 bits per heavy atom. The first-order valence-electron chi connectivity index (χ1n) is 9.81. The fourth-order valence-electron chi connectivity index (χ4n) is 3.50. The van der Waals surface area contributed by atoms with Gasteiger partial charge in [0.2, 0.25) is 5.91 Å². The SMILES string of the molecule is Cc1[nH]c2ccccc2c1CC(=O)NNC(=O)C(C)Oc1ccc2ccccc2c1. The highest BCUT2D eigenvalue weighted by molar-refractivity contribution is 5.91. The van der Waals surface area contributed by atoms with Crippen molar-refractivity contribution in [3.05, 3.63) is 78.0 Å². The minimum absolute atomic E-state index is 0.163. The largest absolute Gasteiger partial charge is 0.481 e. The number of hydrogen-bond acceptors (Lipinski definition) is 3. The molecule has 6 heteroatoms. The molecule has 0 saturated carbocycles. The standard InChI is InChI=1S/C24H23N3O3/c1-15-21(20-9-5-6-10-22(20)25-15)14-23(28)26-27-24(29)16(2)30-19-12-11-17-7-3-4-8-18(17)13-19/h3-13,16,25H,14H2,1-2H3,(H,26,28)(H,27,29). The lowest BCUT2D eigenvalue weighted by Gasteiger charge is -2.15. The number of benzene rings is 3. The number of carbonyl (C=O) groups excluding carboxylic acids is 2. The monoisotopic (exact) mass is 401 g/mol. The summed E-state index contributed by atoms with van der Waals surface area (Å²) in [5.74, 6) is -0.127. The van der Waals surface area contributed by atoms with Gasteiger partial charge in [-0.15, -0.1) is 0 Å². The maximum absolute atomic E-state index is 12.4. The number of aromatic amines is 1. The second-order valence-electron chi connectivity index (χ2n) is 7.26. The van der Waals surface area contributed by atoms with Crippen molar-refractivity contribution in [3.63, 3.8) is 0 Å². The van der Waals surface area contributed by atoms with E-state index in [0.717, 1.165) is 32.9 Å². The predicted octanol–water partition coefficient (Wildman–Crippen LogP) is 3.79. The van der Waals surface area contributed by atoms with E-state index in [1.807, 2.05) is 73.7 Å². The summed E-state index contributed by atoms with van der Waals surface area (Å²) < 4.78 is 5.73. The predicted molar refractivity (Wildman–Crippen MR) is 117 cm³/mol. The summed E-state index contributed by atoms with van der Waals surface area (Å²) in [7, 11) is 0. The number of para-hydroxylation sites is 1. The molecule has 1 unspecified atom stereocenters. The molecule has 0 saturated heterocycles. The van der Waals surface area contributed by atoms with Gasteiger partial charge in [-0.1, -0.05) is 48.5 Å². The number of amides is 2. The van der Waals surface area contributed by atoms with Crippen LogP contribution < -0.4 is 15.6 Å². The Morgan fingerprint density at radius 3 is 2.53 bits per heavy atom. The molecule has 3 N–H and O–H groups in total. The van der Waals surface area contributed by atoms with Crippen LogP contribution in [0.3, 0.4) is 0 Å². The van der Waals surface area contributed by atoms with Gasteiger partial charge in [0.05, 0.1) is 6.42 Å². The third-order valence-corrected chi connectivity index (χ3v) is 5.09. The van der Waals surface area contributed by atoms with Crippen molar-refractivity contribution < 1.29 is 14.3 Å². The van der Waals surface area contributed by atoms with Crippen LogP contribution in [0.4, 0.5) is 0 Å². The Bertz CT molecular complexity index is 1230. The van der Waals surface area contributed by atoms with E-state index >= 15 is 0 Å². The fourth-order valence-corrected chi connectivity index (χ4v) is 3.50. The molecule has 0 aliphatic carbocycles. The van der Waals surface area contributed by atoms with Gasteiger partial charge < -0.3 is 9.72 Å². The topological polar surface area (TPSA) is 83.2 Å². The average Bonchev–Trinajstić information content (AvgIpc) is 3.07. The van der Waals surface area contributed by atoms with E-state index in [1.165, 1.54) is 0 Å². The van der Waals surface area contributed by atoms with Gasteiger partial charge in [-0.05, 0) is 48.4 Å². The molecule has 152 valence electrons. The summed E-state index contributed by atoms with van der Waals surface area (Å²) in [6.45, 7) is 3.57. The highest BCUT2D eigenvalue weighted by Gasteiger charge is 2.17. The molecule has 6 nitrogen and oxygen atoms in total. The average molecular weight is 401 g/mol. The highest BCUT2D eigenvalue weighted by atomic mass is 16.5. The van der Waals surface area contributed by atoms with Crippen LogP contribution in [0.5, 0.6) is 5.75 Å². The van der Waals surface area contributed by atoms with E-state index in [2.05, 4.69) is 15.8 Å². The number of rotatable bonds is 5. The molecule has 0 radical (unpaired) electrons. The highest BCUT2D eigenvalue weighted by Crippen LogP contribution is 2.23. The first-order valence-corrected chi connectivity index (χ1v) is 9.81. The first-order chi connectivity index (χ1) is 14.5. The van der Waals surface area contributed by atoms with Gasteiger partial charge in [0.15, 0.2) is 6.10 Å². The molecule has 0 aliphatic rings. The summed E-state index contributed by atoms with van der Waals surface area (Å²) in [4.78, 5) is 28.0. The Kier molecular flexibility index (Phi) is 5.39. The molecular weight excluding hydrogens is 378 g/mol. The van der Waals surface area contributed by atoms with Crippen molar-refractivity contribution in [2.75, 3.05) is 0 Å². The second-order valence-corrected chi connectivity index (χ2v) is 7.26. The minimum atomic E-state index is -0.763. The van der Waals surface area contributed by atoms with Crippen LogP contribution in [0.25, 0.3) is 21.7 Å². The summed E-state index contributed by atoms with van der Waals surface area (Å²) >= 11 is 0. The Labute approximate surface area is 174 Å². The summed E-state index contributed by atoms with van der Waals surface area (Å²) in [5.41, 5.74) is 7.76. The van der Waals surface area contributed by atoms with Crippen molar-refractivity contribution in [1.82, 2.24) is 15.8 Å². The molecular formula is C24H23N3O3. The van der Waals surface area contributed by atoms with Gasteiger partial charge >= 0.3 is 0 Å². The molecule has 1 heterocycles. The summed E-state index contributed by atoms with van der Waals surface area (Å²) in [6, 6.07) is 21.4. The van der Waals surface area contributed by atoms with E-state index in [0.29, 0.717) is 5.75 Å². The van der Waals surface area contributed by atoms with Crippen molar-refractivity contribution in [3.8, 4) is 5.75 Å². The molecule has 0 spiro atoms. The van der Waals surface area contributed by atoms with Crippen LogP contribution in [0.15, 0.2) is 66.7 Å². The molecule has 0 fully saturated rings. The zero-order chi connectivity index (χ0) is 21.1. The third-order valence-electron chi connectivity index (χ3n) is 5.09. The molecule has 1 aromatic heterocycles. The van der Waals surface area contributed by atoms with Gasteiger partial charge in [-0.2, -0.15) is 0 Å². The summed E-state index contributed by atoms with van der Waals surface area (Å²) in [6.07, 6.45) is -0.600. The van der Waals surface area contributed by atoms with E-state index < -0.39 is 12.0 Å². The van der Waals surface area contributed by atoms with E-state index in [9.17, 15) is 9.59 Å². The van der Waals surface area contributed by atoms with Crippen LogP contribution in [0, 0.1) is 6.92 Å². The lowest BCUT2D eigenvalue weighted by Crippen LogP contribution is -2.47. The van der Waals surface area contributed by atoms with Crippen molar-refractivity contribution >= 4 is 33.5 Å². The van der Waals surface area contributed by atoms with Gasteiger partial charge in [0.25, 0.3) is 5.91 Å². The third kappa shape index (κ3) is 4.12. The van der Waals surface area contributed by atoms with Crippen LogP contribution in [0.1, 0.15) is 18.2 Å². The second kappa shape index (κ2) is 8.29. The summed E-state index contributed by atoms with van der Waals surface area (Å²) in [5, 5.41) is 3.14. The van der Waals surface area contributed by atoms with Crippen molar-refractivity contribution in [2.45, 2.75) is 26.4 Å². The van der Waals surface area contributed by atoms with Crippen molar-refractivity contribution in [2.24, 2.45) is 0 Å². The van der Waals surface area contributed by atoms with Crippen LogP contribution in [-0.4, -0.2) is 22.9 Å². The number of nitrogens with one attached hydrogen (secondary N) is 3. The molecule has 4 aromatic rings. The molecule has 2 amide bonds. The number of ether oxygens (including phenoxy) is 1. The number of hydrogen-bond donors (Lipinski definition) is 3. The smallest absolute Gasteiger partial charge is 0.279 e. The fraction of sp³-hybridized carbons (Fsp3) is 0.167. The first kappa shape index (κ1) is 19.5. The number of aromatic nitrogens is 1. The zero-order valence-electron chi connectivity index (χ0n) is 16.9. The van der Waals surface area contributed by atoms with E-state index in [4.69, 9.17) is 4.74 Å². The Hall–Kier alpha value is -3.80. The van der Waals surface area contributed by atoms with Crippen molar-refractivity contribution in [1.29, 1.82) is 0 Å². The quantitative estimate of drug-likeness (QED) is 0.445. The molecule has 0 bridgehead atoms. The lowest BCUT2D eigenvalue weighted by atomic mass is 10.1. The minimum Gasteiger partial charge on any atom is -0.481 e. The maximum atomic E-state index is 12.4. The zero-order valence-corrected chi connectivity index (χ0v) is 16.9. The van der Waals surface area contributed by atoms with Gasteiger partial charge in [-0.3, -0.25) is 20.4 Å². The Balaban J connectivity index is 1.34. The van der Waals surface area contributed by atoms with E-state index in [-0.39, 0.29) is 12.3 Å². The van der Waals surface area contributed by atoms with E-state index in [1.54, 1.807) is 6.92 Å². The molecule has 30 heavy (non-hydrogen) atoms. The molecule has 4 rings (SSSR count). The number of hydrazine groups is 1.